The molecule has 1 aliphatic carbocycles. The second kappa shape index (κ2) is 9.04. The van der Waals surface area contributed by atoms with Gasteiger partial charge in [0.1, 0.15) is 0 Å². The molecule has 0 radical (unpaired) electrons. The Hall–Kier alpha value is -1.59. The van der Waals surface area contributed by atoms with E-state index in [1.54, 1.807) is 18.2 Å². The first-order valence-electron chi connectivity index (χ1n) is 8.33. The lowest BCUT2D eigenvalue weighted by Gasteiger charge is -2.16. The van der Waals surface area contributed by atoms with Crippen LogP contribution < -0.4 is 16.4 Å². The minimum Gasteiger partial charge on any atom is -0.350 e. The molecular weight excluding hydrogens is 326 g/mol. The van der Waals surface area contributed by atoms with E-state index >= 15 is 0 Å². The van der Waals surface area contributed by atoms with Crippen molar-refractivity contribution in [1.82, 2.24) is 5.32 Å². The third kappa shape index (κ3) is 5.49. The number of carbonyl (C=O) groups is 2. The van der Waals surface area contributed by atoms with E-state index in [4.69, 9.17) is 5.73 Å². The first kappa shape index (κ1) is 20.5. The fourth-order valence-corrected chi connectivity index (χ4v) is 3.05. The van der Waals surface area contributed by atoms with Gasteiger partial charge in [-0.2, -0.15) is 0 Å². The highest BCUT2D eigenvalue weighted by molar-refractivity contribution is 5.96. The van der Waals surface area contributed by atoms with Crippen LogP contribution >= 0.6 is 12.4 Å². The van der Waals surface area contributed by atoms with Gasteiger partial charge in [0.15, 0.2) is 0 Å². The molecule has 2 atom stereocenters. The maximum Gasteiger partial charge on any atom is 0.251 e. The number of hydrogen-bond donors (Lipinski definition) is 3. The Morgan fingerprint density at radius 1 is 1.29 bits per heavy atom. The molecule has 134 valence electrons. The zero-order chi connectivity index (χ0) is 17.0. The maximum atomic E-state index is 12.2. The van der Waals surface area contributed by atoms with Crippen LogP contribution in [0.3, 0.4) is 0 Å². The van der Waals surface area contributed by atoms with Crippen LogP contribution in [0.1, 0.15) is 55.5 Å². The van der Waals surface area contributed by atoms with Crippen molar-refractivity contribution in [3.05, 3.63) is 29.3 Å². The van der Waals surface area contributed by atoms with E-state index in [9.17, 15) is 9.59 Å². The average molecular weight is 354 g/mol. The normalized spacial score (nSPS) is 19.7. The Balaban J connectivity index is 0.00000288. The molecule has 1 aromatic rings. The minimum atomic E-state index is -0.0992. The van der Waals surface area contributed by atoms with Gasteiger partial charge < -0.3 is 16.4 Å². The van der Waals surface area contributed by atoms with Crippen LogP contribution in [0.2, 0.25) is 0 Å². The molecule has 0 heterocycles. The summed E-state index contributed by atoms with van der Waals surface area (Å²) in [6.07, 6.45) is 3.62. The van der Waals surface area contributed by atoms with Crippen molar-refractivity contribution in [2.24, 2.45) is 11.7 Å². The zero-order valence-corrected chi connectivity index (χ0v) is 15.4. The lowest BCUT2D eigenvalue weighted by atomic mass is 9.99. The standard InChI is InChI=1S/C18H27N3O2.ClH/c1-11(2)20-18(23)14-7-8-16(12(3)9-14)21-17(22)10-13-5-4-6-15(13)19;/h7-9,11,13,15H,4-6,10,19H2,1-3H3,(H,20,23)(H,21,22);1H/t13-,15+;/m0./s1. The molecule has 0 bridgehead atoms. The molecular formula is C18H28ClN3O2. The molecule has 1 aromatic carbocycles. The number of nitrogens with two attached hydrogens (primary N) is 1. The third-order valence-electron chi connectivity index (χ3n) is 4.35. The van der Waals surface area contributed by atoms with Crippen molar-refractivity contribution in [2.75, 3.05) is 5.32 Å². The van der Waals surface area contributed by atoms with Crippen LogP contribution in [-0.4, -0.2) is 23.9 Å². The van der Waals surface area contributed by atoms with E-state index in [0.717, 1.165) is 30.5 Å². The van der Waals surface area contributed by atoms with Crippen LogP contribution in [0, 0.1) is 12.8 Å². The summed E-state index contributed by atoms with van der Waals surface area (Å²) in [4.78, 5) is 24.2. The van der Waals surface area contributed by atoms with Crippen molar-refractivity contribution in [2.45, 2.75) is 58.5 Å². The number of nitrogens with one attached hydrogen (secondary N) is 2. The molecule has 6 heteroatoms. The van der Waals surface area contributed by atoms with Crippen molar-refractivity contribution in [1.29, 1.82) is 0 Å². The minimum absolute atomic E-state index is 0. The van der Waals surface area contributed by atoms with Gasteiger partial charge in [0.05, 0.1) is 0 Å². The van der Waals surface area contributed by atoms with Gasteiger partial charge in [-0.05, 0) is 63.3 Å². The van der Waals surface area contributed by atoms with Gasteiger partial charge in [-0.15, -0.1) is 12.4 Å². The molecule has 0 aromatic heterocycles. The number of hydrogen-bond acceptors (Lipinski definition) is 3. The Labute approximate surface area is 150 Å². The van der Waals surface area contributed by atoms with Crippen molar-refractivity contribution in [3.63, 3.8) is 0 Å². The van der Waals surface area contributed by atoms with E-state index in [0.29, 0.717) is 12.0 Å². The van der Waals surface area contributed by atoms with Crippen molar-refractivity contribution < 1.29 is 9.59 Å². The molecule has 4 N–H and O–H groups in total. The lowest BCUT2D eigenvalue weighted by molar-refractivity contribution is -0.117. The van der Waals surface area contributed by atoms with Gasteiger partial charge >= 0.3 is 0 Å². The fourth-order valence-electron chi connectivity index (χ4n) is 3.05. The smallest absolute Gasteiger partial charge is 0.251 e. The number of aryl methyl sites for hydroxylation is 1. The summed E-state index contributed by atoms with van der Waals surface area (Å²) in [6.45, 7) is 5.74. The van der Waals surface area contributed by atoms with Crippen LogP contribution in [0.25, 0.3) is 0 Å². The highest BCUT2D eigenvalue weighted by Gasteiger charge is 2.26. The lowest BCUT2D eigenvalue weighted by Crippen LogP contribution is -2.30. The summed E-state index contributed by atoms with van der Waals surface area (Å²) in [7, 11) is 0. The molecule has 2 rings (SSSR count). The first-order valence-corrected chi connectivity index (χ1v) is 8.33. The zero-order valence-electron chi connectivity index (χ0n) is 14.6. The highest BCUT2D eigenvalue weighted by Crippen LogP contribution is 2.27. The Bertz CT molecular complexity index is 590. The molecule has 1 saturated carbocycles. The molecule has 0 unspecified atom stereocenters. The molecule has 2 amide bonds. The number of anilines is 1. The molecule has 5 nitrogen and oxygen atoms in total. The van der Waals surface area contributed by atoms with Gasteiger partial charge in [-0.1, -0.05) is 6.42 Å². The fraction of sp³-hybridized carbons (Fsp3) is 0.556. The van der Waals surface area contributed by atoms with E-state index < -0.39 is 0 Å². The highest BCUT2D eigenvalue weighted by atomic mass is 35.5. The molecule has 0 saturated heterocycles. The second-order valence-electron chi connectivity index (χ2n) is 6.77. The van der Waals surface area contributed by atoms with Crippen LogP contribution in [0.4, 0.5) is 5.69 Å². The van der Waals surface area contributed by atoms with Gasteiger partial charge in [-0.3, -0.25) is 9.59 Å². The van der Waals surface area contributed by atoms with E-state index in [2.05, 4.69) is 10.6 Å². The van der Waals surface area contributed by atoms with Gasteiger partial charge in [0, 0.05) is 29.8 Å². The molecule has 0 aliphatic heterocycles. The topological polar surface area (TPSA) is 84.2 Å². The van der Waals surface area contributed by atoms with E-state index in [1.807, 2.05) is 20.8 Å². The molecule has 24 heavy (non-hydrogen) atoms. The quantitative estimate of drug-likeness (QED) is 0.760. The summed E-state index contributed by atoms with van der Waals surface area (Å²) in [5, 5.41) is 5.80. The van der Waals surface area contributed by atoms with Gasteiger partial charge in [0.25, 0.3) is 5.91 Å². The van der Waals surface area contributed by atoms with Gasteiger partial charge in [0.2, 0.25) is 5.91 Å². The van der Waals surface area contributed by atoms with Crippen molar-refractivity contribution in [3.8, 4) is 0 Å². The van der Waals surface area contributed by atoms with Crippen LogP contribution in [0.15, 0.2) is 18.2 Å². The molecule has 0 spiro atoms. The monoisotopic (exact) mass is 353 g/mol. The number of benzene rings is 1. The summed E-state index contributed by atoms with van der Waals surface area (Å²) >= 11 is 0. The number of carbonyl (C=O) groups excluding carboxylic acids is 2. The van der Waals surface area contributed by atoms with Crippen molar-refractivity contribution >= 4 is 29.9 Å². The SMILES string of the molecule is Cc1cc(C(=O)NC(C)C)ccc1NC(=O)C[C@@H]1CCC[C@H]1N.Cl. The summed E-state index contributed by atoms with van der Waals surface area (Å²) in [6, 6.07) is 5.56. The molecule has 1 fully saturated rings. The summed E-state index contributed by atoms with van der Waals surface area (Å²) in [5.41, 5.74) is 8.26. The Morgan fingerprint density at radius 3 is 2.54 bits per heavy atom. The third-order valence-corrected chi connectivity index (χ3v) is 4.35. The second-order valence-corrected chi connectivity index (χ2v) is 6.77. The molecule has 1 aliphatic rings. The van der Waals surface area contributed by atoms with Crippen LogP contribution in [0.5, 0.6) is 0 Å². The predicted octanol–water partition coefficient (Wildman–Crippen LogP) is 3.01. The average Bonchev–Trinajstić information content (AvgIpc) is 2.85. The van der Waals surface area contributed by atoms with Crippen LogP contribution in [-0.2, 0) is 4.79 Å². The Kier molecular flexibility index (Phi) is 7.70. The number of amides is 2. The number of halogens is 1. The summed E-state index contributed by atoms with van der Waals surface area (Å²) < 4.78 is 0. The first-order chi connectivity index (χ1) is 10.9. The maximum absolute atomic E-state index is 12.2. The summed E-state index contributed by atoms with van der Waals surface area (Å²) in [5.74, 6) is 0.180. The largest absolute Gasteiger partial charge is 0.350 e. The Morgan fingerprint density at radius 2 is 2.00 bits per heavy atom. The van der Waals surface area contributed by atoms with Gasteiger partial charge in [-0.25, -0.2) is 0 Å². The predicted molar refractivity (Wildman–Crippen MR) is 99.6 cm³/mol. The number of rotatable bonds is 5. The van der Waals surface area contributed by atoms with E-state index in [-0.39, 0.29) is 42.2 Å². The van der Waals surface area contributed by atoms with E-state index in [1.165, 1.54) is 0 Å².